The lowest BCUT2D eigenvalue weighted by molar-refractivity contribution is -0.130. The molecule has 0 aliphatic heterocycles. The van der Waals surface area contributed by atoms with E-state index in [1.165, 1.54) is 0 Å². The second kappa shape index (κ2) is 8.42. The molecule has 3 N–H and O–H groups in total. The number of benzene rings is 1. The Kier molecular flexibility index (Phi) is 6.88. The molecular weight excluding hydrogens is 266 g/mol. The molecule has 2 amide bonds. The van der Waals surface area contributed by atoms with Gasteiger partial charge in [-0.2, -0.15) is 0 Å². The van der Waals surface area contributed by atoms with Gasteiger partial charge in [-0.1, -0.05) is 29.8 Å². The molecule has 5 heteroatoms. The Morgan fingerprint density at radius 3 is 2.29 bits per heavy atom. The van der Waals surface area contributed by atoms with Crippen molar-refractivity contribution in [2.24, 2.45) is 5.73 Å². The van der Waals surface area contributed by atoms with E-state index in [0.717, 1.165) is 11.1 Å². The van der Waals surface area contributed by atoms with Crippen LogP contribution >= 0.6 is 0 Å². The lowest BCUT2D eigenvalue weighted by atomic mass is 10.1. The quantitative estimate of drug-likeness (QED) is 0.796. The number of amides is 2. The van der Waals surface area contributed by atoms with Gasteiger partial charge in [-0.3, -0.25) is 9.59 Å². The number of hydrogen-bond acceptors (Lipinski definition) is 3. The highest BCUT2D eigenvalue weighted by Crippen LogP contribution is 2.11. The number of carbonyl (C=O) groups is 2. The molecule has 21 heavy (non-hydrogen) atoms. The van der Waals surface area contributed by atoms with Crippen molar-refractivity contribution in [3.05, 3.63) is 35.4 Å². The molecule has 0 aliphatic carbocycles. The maximum Gasteiger partial charge on any atom is 0.241 e. The molecule has 5 nitrogen and oxygen atoms in total. The van der Waals surface area contributed by atoms with Crippen LogP contribution < -0.4 is 11.1 Å². The maximum absolute atomic E-state index is 12.0. The molecular formula is C16H25N3O2. The number of carbonyl (C=O) groups excluding carboxylic acids is 2. The van der Waals surface area contributed by atoms with Gasteiger partial charge in [0.15, 0.2) is 0 Å². The molecule has 1 aromatic rings. The van der Waals surface area contributed by atoms with Crippen LogP contribution in [0.3, 0.4) is 0 Å². The highest BCUT2D eigenvalue weighted by atomic mass is 16.2. The fourth-order valence-electron chi connectivity index (χ4n) is 2.06. The van der Waals surface area contributed by atoms with Crippen molar-refractivity contribution in [2.75, 3.05) is 19.6 Å². The summed E-state index contributed by atoms with van der Waals surface area (Å²) in [5.74, 6) is -0.213. The average Bonchev–Trinajstić information content (AvgIpc) is 2.48. The van der Waals surface area contributed by atoms with Gasteiger partial charge in [-0.15, -0.1) is 0 Å². The molecule has 1 rings (SSSR count). The van der Waals surface area contributed by atoms with E-state index < -0.39 is 6.04 Å². The summed E-state index contributed by atoms with van der Waals surface area (Å²) in [7, 11) is 0. The lowest BCUT2D eigenvalue weighted by Crippen LogP contribution is -2.37. The van der Waals surface area contributed by atoms with Gasteiger partial charge < -0.3 is 16.0 Å². The number of nitrogens with one attached hydrogen (secondary N) is 1. The summed E-state index contributed by atoms with van der Waals surface area (Å²) in [5, 5.41) is 2.72. The van der Waals surface area contributed by atoms with Crippen molar-refractivity contribution in [1.29, 1.82) is 0 Å². The van der Waals surface area contributed by atoms with Crippen LogP contribution in [0, 0.1) is 6.92 Å². The molecule has 0 radical (unpaired) electrons. The Morgan fingerprint density at radius 2 is 1.76 bits per heavy atom. The van der Waals surface area contributed by atoms with E-state index in [1.54, 1.807) is 4.90 Å². The van der Waals surface area contributed by atoms with Gasteiger partial charge >= 0.3 is 0 Å². The fraction of sp³-hybridized carbons (Fsp3) is 0.500. The van der Waals surface area contributed by atoms with Gasteiger partial charge in [0.05, 0.1) is 0 Å². The predicted molar refractivity (Wildman–Crippen MR) is 83.7 cm³/mol. The van der Waals surface area contributed by atoms with E-state index >= 15 is 0 Å². The lowest BCUT2D eigenvalue weighted by Gasteiger charge is -2.19. The van der Waals surface area contributed by atoms with Crippen molar-refractivity contribution >= 4 is 11.8 Å². The monoisotopic (exact) mass is 291 g/mol. The first-order chi connectivity index (χ1) is 9.99. The van der Waals surface area contributed by atoms with Gasteiger partial charge in [-0.25, -0.2) is 0 Å². The Hall–Kier alpha value is -1.88. The van der Waals surface area contributed by atoms with Crippen LogP contribution in [0.2, 0.25) is 0 Å². The molecule has 0 bridgehead atoms. The normalized spacial score (nSPS) is 11.8. The fourth-order valence-corrected chi connectivity index (χ4v) is 2.06. The Morgan fingerprint density at radius 1 is 1.19 bits per heavy atom. The van der Waals surface area contributed by atoms with Gasteiger partial charge in [0.2, 0.25) is 11.8 Å². The van der Waals surface area contributed by atoms with Crippen molar-refractivity contribution in [3.8, 4) is 0 Å². The molecule has 116 valence electrons. The van der Waals surface area contributed by atoms with Crippen LogP contribution in [0.1, 0.15) is 37.4 Å². The minimum absolute atomic E-state index is 0.0456. The predicted octanol–water partition coefficient (Wildman–Crippen LogP) is 1.37. The zero-order valence-corrected chi connectivity index (χ0v) is 13.1. The minimum atomic E-state index is -0.700. The molecule has 1 unspecified atom stereocenters. The van der Waals surface area contributed by atoms with Gasteiger partial charge in [-0.05, 0) is 26.3 Å². The standard InChI is InChI=1S/C16H25N3O2/c1-4-19(5-2)14(20)10-11-18-16(21)15(17)13-8-6-12(3)7-9-13/h6-9,15H,4-5,10-11,17H2,1-3H3,(H,18,21). The highest BCUT2D eigenvalue weighted by Gasteiger charge is 2.16. The van der Waals surface area contributed by atoms with E-state index in [0.29, 0.717) is 26.1 Å². The van der Waals surface area contributed by atoms with E-state index in [-0.39, 0.29) is 11.8 Å². The van der Waals surface area contributed by atoms with Crippen molar-refractivity contribution in [1.82, 2.24) is 10.2 Å². The number of nitrogens with zero attached hydrogens (tertiary/aromatic N) is 1. The number of rotatable bonds is 7. The van der Waals surface area contributed by atoms with Crippen LogP contribution in [-0.4, -0.2) is 36.3 Å². The minimum Gasteiger partial charge on any atom is -0.354 e. The Bertz CT molecular complexity index is 467. The summed E-state index contributed by atoms with van der Waals surface area (Å²) in [6.45, 7) is 7.54. The summed E-state index contributed by atoms with van der Waals surface area (Å²) in [4.78, 5) is 25.5. The second-order valence-corrected chi connectivity index (χ2v) is 5.00. The summed E-state index contributed by atoms with van der Waals surface area (Å²) in [5.41, 5.74) is 7.80. The van der Waals surface area contributed by atoms with Gasteiger partial charge in [0.1, 0.15) is 6.04 Å². The summed E-state index contributed by atoms with van der Waals surface area (Å²) in [6.07, 6.45) is 0.300. The molecule has 0 spiro atoms. The van der Waals surface area contributed by atoms with E-state index in [1.807, 2.05) is 45.0 Å². The van der Waals surface area contributed by atoms with Crippen LogP contribution in [-0.2, 0) is 9.59 Å². The topological polar surface area (TPSA) is 75.4 Å². The van der Waals surface area contributed by atoms with E-state index in [4.69, 9.17) is 5.73 Å². The first-order valence-electron chi connectivity index (χ1n) is 7.37. The zero-order chi connectivity index (χ0) is 15.8. The van der Waals surface area contributed by atoms with Crippen molar-refractivity contribution in [2.45, 2.75) is 33.2 Å². The number of nitrogens with two attached hydrogens (primary N) is 1. The van der Waals surface area contributed by atoms with Crippen LogP contribution in [0.5, 0.6) is 0 Å². The highest BCUT2D eigenvalue weighted by molar-refractivity contribution is 5.83. The Labute approximate surface area is 126 Å². The van der Waals surface area contributed by atoms with Crippen LogP contribution in [0.15, 0.2) is 24.3 Å². The number of hydrogen-bond donors (Lipinski definition) is 2. The van der Waals surface area contributed by atoms with Gasteiger partial charge in [0.25, 0.3) is 0 Å². The number of aryl methyl sites for hydroxylation is 1. The van der Waals surface area contributed by atoms with Gasteiger partial charge in [0, 0.05) is 26.1 Å². The van der Waals surface area contributed by atoms with Crippen molar-refractivity contribution < 1.29 is 9.59 Å². The Balaban J connectivity index is 2.43. The molecule has 0 aliphatic rings. The third-order valence-corrected chi connectivity index (χ3v) is 3.47. The summed E-state index contributed by atoms with van der Waals surface area (Å²) in [6, 6.07) is 6.84. The van der Waals surface area contributed by atoms with Crippen LogP contribution in [0.4, 0.5) is 0 Å². The third kappa shape index (κ3) is 5.19. The molecule has 0 saturated carbocycles. The molecule has 0 heterocycles. The zero-order valence-electron chi connectivity index (χ0n) is 13.1. The molecule has 0 aromatic heterocycles. The third-order valence-electron chi connectivity index (χ3n) is 3.47. The van der Waals surface area contributed by atoms with Crippen LogP contribution in [0.25, 0.3) is 0 Å². The smallest absolute Gasteiger partial charge is 0.241 e. The van der Waals surface area contributed by atoms with E-state index in [9.17, 15) is 9.59 Å². The second-order valence-electron chi connectivity index (χ2n) is 5.00. The van der Waals surface area contributed by atoms with Crippen molar-refractivity contribution in [3.63, 3.8) is 0 Å². The molecule has 0 saturated heterocycles. The first-order valence-corrected chi connectivity index (χ1v) is 7.37. The molecule has 0 fully saturated rings. The molecule has 1 aromatic carbocycles. The SMILES string of the molecule is CCN(CC)C(=O)CCNC(=O)C(N)c1ccc(C)cc1. The molecule has 1 atom stereocenters. The maximum atomic E-state index is 12.0. The largest absolute Gasteiger partial charge is 0.354 e. The average molecular weight is 291 g/mol. The summed E-state index contributed by atoms with van der Waals surface area (Å²) < 4.78 is 0. The summed E-state index contributed by atoms with van der Waals surface area (Å²) >= 11 is 0. The van der Waals surface area contributed by atoms with E-state index in [2.05, 4.69) is 5.32 Å². The first kappa shape index (κ1) is 17.2.